The first-order chi connectivity index (χ1) is 8.20. The van der Waals surface area contributed by atoms with Gasteiger partial charge in [0.05, 0.1) is 6.10 Å². The van der Waals surface area contributed by atoms with E-state index in [4.69, 9.17) is 11.6 Å². The van der Waals surface area contributed by atoms with Gasteiger partial charge in [-0.15, -0.1) is 0 Å². The quantitative estimate of drug-likeness (QED) is 0.789. The first-order valence-electron chi connectivity index (χ1n) is 5.49. The number of anilines is 1. The first kappa shape index (κ1) is 12.1. The monoisotopic (exact) mass is 255 g/mol. The van der Waals surface area contributed by atoms with Gasteiger partial charge in [0.15, 0.2) is 0 Å². The molecule has 0 bridgehead atoms. The minimum Gasteiger partial charge on any atom is -0.391 e. The number of nitrogens with one attached hydrogen (secondary N) is 1. The van der Waals surface area contributed by atoms with E-state index in [0.717, 1.165) is 12.8 Å². The van der Waals surface area contributed by atoms with Crippen molar-refractivity contribution in [3.63, 3.8) is 0 Å². The molecule has 0 spiro atoms. The van der Waals surface area contributed by atoms with Crippen LogP contribution in [0.25, 0.3) is 5.78 Å². The van der Waals surface area contributed by atoms with Gasteiger partial charge < -0.3 is 10.4 Å². The zero-order chi connectivity index (χ0) is 12.3. The minimum atomic E-state index is -0.384. The second-order valence-corrected chi connectivity index (χ2v) is 4.15. The zero-order valence-corrected chi connectivity index (χ0v) is 10.2. The summed E-state index contributed by atoms with van der Waals surface area (Å²) < 4.78 is 1.55. The largest absolute Gasteiger partial charge is 0.391 e. The van der Waals surface area contributed by atoms with Crippen LogP contribution in [0.5, 0.6) is 0 Å². The van der Waals surface area contributed by atoms with Crippen molar-refractivity contribution in [1.29, 1.82) is 0 Å². The Morgan fingerprint density at radius 2 is 2.41 bits per heavy atom. The molecule has 17 heavy (non-hydrogen) atoms. The van der Waals surface area contributed by atoms with E-state index in [-0.39, 0.29) is 6.10 Å². The summed E-state index contributed by atoms with van der Waals surface area (Å²) in [5, 5.41) is 17.1. The Balaban J connectivity index is 2.14. The molecule has 7 heteroatoms. The lowest BCUT2D eigenvalue weighted by Crippen LogP contribution is -2.20. The predicted molar refractivity (Wildman–Crippen MR) is 65.2 cm³/mol. The molecule has 0 aliphatic rings. The van der Waals surface area contributed by atoms with Crippen molar-refractivity contribution in [3.05, 3.63) is 17.5 Å². The van der Waals surface area contributed by atoms with Crippen molar-refractivity contribution in [2.75, 3.05) is 11.9 Å². The number of nitrogens with zero attached hydrogens (tertiary/aromatic N) is 4. The van der Waals surface area contributed by atoms with Gasteiger partial charge in [-0.3, -0.25) is 0 Å². The van der Waals surface area contributed by atoms with Gasteiger partial charge >= 0.3 is 0 Å². The highest BCUT2D eigenvalue weighted by Crippen LogP contribution is 2.14. The summed E-state index contributed by atoms with van der Waals surface area (Å²) >= 11 is 5.86. The van der Waals surface area contributed by atoms with Crippen molar-refractivity contribution >= 4 is 23.2 Å². The summed E-state index contributed by atoms with van der Waals surface area (Å²) in [7, 11) is 0. The Hall–Kier alpha value is -1.40. The van der Waals surface area contributed by atoms with Gasteiger partial charge in [0, 0.05) is 12.6 Å². The molecular weight excluding hydrogens is 242 g/mol. The summed E-state index contributed by atoms with van der Waals surface area (Å²) in [5.74, 6) is 1.11. The van der Waals surface area contributed by atoms with Crippen molar-refractivity contribution in [1.82, 2.24) is 19.6 Å². The Bertz CT molecular complexity index is 500. The van der Waals surface area contributed by atoms with Crippen LogP contribution in [0.2, 0.25) is 5.15 Å². The molecule has 0 amide bonds. The van der Waals surface area contributed by atoms with Crippen LogP contribution in [0.15, 0.2) is 12.4 Å². The topological polar surface area (TPSA) is 75.3 Å². The highest BCUT2D eigenvalue weighted by molar-refractivity contribution is 6.29. The third-order valence-corrected chi connectivity index (χ3v) is 2.55. The number of aliphatic hydroxyl groups is 1. The third-order valence-electron chi connectivity index (χ3n) is 2.36. The summed E-state index contributed by atoms with van der Waals surface area (Å²) in [5.41, 5.74) is 0. The summed E-state index contributed by atoms with van der Waals surface area (Å²) in [6.07, 6.45) is 2.72. The number of rotatable bonds is 5. The number of aromatic nitrogens is 4. The smallest absolute Gasteiger partial charge is 0.255 e. The molecule has 0 aromatic carbocycles. The Morgan fingerprint density at radius 3 is 3.18 bits per heavy atom. The number of fused-ring (bicyclic) bond motifs is 1. The highest BCUT2D eigenvalue weighted by Gasteiger charge is 2.08. The number of halogens is 1. The second kappa shape index (κ2) is 5.29. The molecule has 2 aromatic heterocycles. The molecule has 1 atom stereocenters. The first-order valence-corrected chi connectivity index (χ1v) is 5.86. The maximum atomic E-state index is 9.65. The average Bonchev–Trinajstić information content (AvgIpc) is 2.74. The molecule has 2 rings (SSSR count). The maximum Gasteiger partial charge on any atom is 0.255 e. The molecular formula is C10H14ClN5O. The van der Waals surface area contributed by atoms with Gasteiger partial charge in [0.2, 0.25) is 0 Å². The fourth-order valence-electron chi connectivity index (χ4n) is 1.57. The minimum absolute atomic E-state index is 0.345. The maximum absolute atomic E-state index is 9.65. The van der Waals surface area contributed by atoms with E-state index >= 15 is 0 Å². The van der Waals surface area contributed by atoms with E-state index in [1.54, 1.807) is 10.6 Å². The molecule has 92 valence electrons. The standard InChI is InChI=1S/C10H14ClN5O/c1-2-3-7(17)5-12-9-4-8(11)15-10-13-6-14-16(9)10/h4,6-7,12,17H,2-3,5H2,1H3. The predicted octanol–water partition coefficient (Wildman–Crippen LogP) is 1.35. The molecule has 1 unspecified atom stereocenters. The fraction of sp³-hybridized carbons (Fsp3) is 0.500. The Morgan fingerprint density at radius 1 is 1.59 bits per heavy atom. The summed E-state index contributed by atoms with van der Waals surface area (Å²) in [6, 6.07) is 1.65. The van der Waals surface area contributed by atoms with E-state index in [9.17, 15) is 5.11 Å². The second-order valence-electron chi connectivity index (χ2n) is 3.76. The molecule has 0 radical (unpaired) electrons. The van der Waals surface area contributed by atoms with Gasteiger partial charge in [-0.2, -0.15) is 19.6 Å². The van der Waals surface area contributed by atoms with E-state index in [0.29, 0.717) is 23.3 Å². The van der Waals surface area contributed by atoms with Crippen LogP contribution >= 0.6 is 11.6 Å². The van der Waals surface area contributed by atoms with E-state index in [1.807, 2.05) is 6.92 Å². The molecule has 6 nitrogen and oxygen atoms in total. The van der Waals surface area contributed by atoms with Gasteiger partial charge in [0.1, 0.15) is 17.3 Å². The van der Waals surface area contributed by atoms with Crippen molar-refractivity contribution in [2.24, 2.45) is 0 Å². The molecule has 0 aliphatic heterocycles. The van der Waals surface area contributed by atoms with Crippen LogP contribution in [0.3, 0.4) is 0 Å². The normalized spacial score (nSPS) is 12.9. The number of aliphatic hydroxyl groups excluding tert-OH is 1. The van der Waals surface area contributed by atoms with Crippen LogP contribution in [-0.2, 0) is 0 Å². The molecule has 2 aromatic rings. The van der Waals surface area contributed by atoms with Crippen LogP contribution < -0.4 is 5.32 Å². The lowest BCUT2D eigenvalue weighted by molar-refractivity contribution is 0.176. The zero-order valence-electron chi connectivity index (χ0n) is 9.47. The lowest BCUT2D eigenvalue weighted by atomic mass is 10.2. The third kappa shape index (κ3) is 2.83. The van der Waals surface area contributed by atoms with Crippen molar-refractivity contribution in [3.8, 4) is 0 Å². The molecule has 2 heterocycles. The molecule has 0 saturated heterocycles. The van der Waals surface area contributed by atoms with E-state index in [1.165, 1.54) is 6.33 Å². The molecule has 2 N–H and O–H groups in total. The average molecular weight is 256 g/mol. The SMILES string of the molecule is CCCC(O)CNc1cc(Cl)nc2ncnn12. The summed E-state index contributed by atoms with van der Waals surface area (Å²) in [6.45, 7) is 2.48. The molecule has 0 aliphatic carbocycles. The van der Waals surface area contributed by atoms with Gasteiger partial charge in [-0.05, 0) is 6.42 Å². The van der Waals surface area contributed by atoms with Crippen LogP contribution in [-0.4, -0.2) is 37.3 Å². The highest BCUT2D eigenvalue weighted by atomic mass is 35.5. The Kier molecular flexibility index (Phi) is 3.75. The van der Waals surface area contributed by atoms with Gasteiger partial charge in [-0.1, -0.05) is 24.9 Å². The summed E-state index contributed by atoms with van der Waals surface area (Å²) in [4.78, 5) is 7.97. The van der Waals surface area contributed by atoms with Crippen molar-refractivity contribution < 1.29 is 5.11 Å². The van der Waals surface area contributed by atoms with E-state index < -0.39 is 0 Å². The van der Waals surface area contributed by atoms with Crippen LogP contribution in [0, 0.1) is 0 Å². The van der Waals surface area contributed by atoms with Gasteiger partial charge in [-0.25, -0.2) is 0 Å². The van der Waals surface area contributed by atoms with Crippen LogP contribution in [0.4, 0.5) is 5.82 Å². The fourth-order valence-corrected chi connectivity index (χ4v) is 1.75. The number of hydrogen-bond acceptors (Lipinski definition) is 5. The van der Waals surface area contributed by atoms with Crippen LogP contribution in [0.1, 0.15) is 19.8 Å². The molecule has 0 fully saturated rings. The van der Waals surface area contributed by atoms with Crippen molar-refractivity contribution in [2.45, 2.75) is 25.9 Å². The number of hydrogen-bond donors (Lipinski definition) is 2. The Labute approximate surface area is 104 Å². The lowest BCUT2D eigenvalue weighted by Gasteiger charge is -2.12. The van der Waals surface area contributed by atoms with E-state index in [2.05, 4.69) is 20.4 Å². The molecule has 0 saturated carbocycles. The van der Waals surface area contributed by atoms with Gasteiger partial charge in [0.25, 0.3) is 5.78 Å².